The molecule has 0 unspecified atom stereocenters. The minimum atomic E-state index is 0.224. The van der Waals surface area contributed by atoms with Crippen molar-refractivity contribution in [3.05, 3.63) is 22.6 Å². The SMILES string of the molecule is CC(C)(C)[C@@H]1CCC(=O)[C@@H](CC/C=C/CN=[N+]=[N-])C1. The number of allylic oxidation sites excluding steroid dienone is 1. The van der Waals surface area contributed by atoms with E-state index in [-0.39, 0.29) is 5.92 Å². The second-order valence-corrected chi connectivity index (χ2v) is 6.46. The fourth-order valence-electron chi connectivity index (χ4n) is 2.75. The average Bonchev–Trinajstić information content (AvgIpc) is 2.34. The molecule has 1 aliphatic carbocycles. The maximum absolute atomic E-state index is 11.9. The van der Waals surface area contributed by atoms with E-state index in [9.17, 15) is 4.79 Å². The summed E-state index contributed by atoms with van der Waals surface area (Å²) < 4.78 is 0. The Morgan fingerprint density at radius 3 is 2.79 bits per heavy atom. The fourth-order valence-corrected chi connectivity index (χ4v) is 2.75. The lowest BCUT2D eigenvalue weighted by Gasteiger charge is -2.37. The predicted molar refractivity (Wildman–Crippen MR) is 77.7 cm³/mol. The molecule has 0 aromatic rings. The van der Waals surface area contributed by atoms with Crippen LogP contribution in [0.4, 0.5) is 0 Å². The van der Waals surface area contributed by atoms with E-state index in [1.54, 1.807) is 0 Å². The Bertz CT molecular complexity index is 375. The van der Waals surface area contributed by atoms with E-state index >= 15 is 0 Å². The summed E-state index contributed by atoms with van der Waals surface area (Å²) in [6, 6.07) is 0. The smallest absolute Gasteiger partial charge is 0.136 e. The van der Waals surface area contributed by atoms with Crippen molar-refractivity contribution in [2.75, 3.05) is 6.54 Å². The number of Topliss-reactive ketones (excluding diaryl/α,β-unsaturated/α-hetero) is 1. The van der Waals surface area contributed by atoms with Gasteiger partial charge in [0, 0.05) is 23.8 Å². The van der Waals surface area contributed by atoms with Crippen LogP contribution in [0.25, 0.3) is 10.4 Å². The van der Waals surface area contributed by atoms with Crippen molar-refractivity contribution in [2.24, 2.45) is 22.4 Å². The first-order valence-corrected chi connectivity index (χ1v) is 7.13. The maximum atomic E-state index is 11.9. The summed E-state index contributed by atoms with van der Waals surface area (Å²) in [6.45, 7) is 7.21. The highest BCUT2D eigenvalue weighted by Crippen LogP contribution is 2.40. The van der Waals surface area contributed by atoms with E-state index in [0.717, 1.165) is 32.1 Å². The molecule has 4 nitrogen and oxygen atoms in total. The second-order valence-electron chi connectivity index (χ2n) is 6.46. The lowest BCUT2D eigenvalue weighted by atomic mass is 9.68. The van der Waals surface area contributed by atoms with Gasteiger partial charge in [-0.1, -0.05) is 38.0 Å². The van der Waals surface area contributed by atoms with E-state index in [4.69, 9.17) is 5.53 Å². The van der Waals surface area contributed by atoms with Crippen LogP contribution >= 0.6 is 0 Å². The van der Waals surface area contributed by atoms with Crippen molar-refractivity contribution in [1.82, 2.24) is 0 Å². The molecule has 2 atom stereocenters. The zero-order chi connectivity index (χ0) is 14.3. The summed E-state index contributed by atoms with van der Waals surface area (Å²) in [6.07, 6.45) is 8.54. The van der Waals surface area contributed by atoms with Gasteiger partial charge >= 0.3 is 0 Å². The van der Waals surface area contributed by atoms with Crippen molar-refractivity contribution in [3.63, 3.8) is 0 Å². The number of rotatable bonds is 5. The Kier molecular flexibility index (Phi) is 6.10. The fraction of sp³-hybridized carbons (Fsp3) is 0.800. The van der Waals surface area contributed by atoms with Crippen molar-refractivity contribution in [2.45, 2.75) is 52.9 Å². The van der Waals surface area contributed by atoms with E-state index in [0.29, 0.717) is 23.7 Å². The van der Waals surface area contributed by atoms with Crippen molar-refractivity contribution in [1.29, 1.82) is 0 Å². The number of nitrogens with zero attached hydrogens (tertiary/aromatic N) is 3. The molecule has 0 spiro atoms. The van der Waals surface area contributed by atoms with Crippen molar-refractivity contribution >= 4 is 5.78 Å². The number of ketones is 1. The lowest BCUT2D eigenvalue weighted by Crippen LogP contribution is -2.31. The molecule has 19 heavy (non-hydrogen) atoms. The second kappa shape index (κ2) is 7.34. The van der Waals surface area contributed by atoms with Crippen LogP contribution in [0.15, 0.2) is 17.3 Å². The summed E-state index contributed by atoms with van der Waals surface area (Å²) in [5, 5.41) is 3.44. The standard InChI is InChI=1S/C15H25N3O/c1-15(2,3)13-8-9-14(19)12(11-13)7-5-4-6-10-17-18-16/h4,6,12-13H,5,7-11H2,1-3H3/b6-4+/t12-,13+/m0/s1. The average molecular weight is 263 g/mol. The van der Waals surface area contributed by atoms with Gasteiger partial charge in [0.15, 0.2) is 0 Å². The molecule has 1 fully saturated rings. The highest BCUT2D eigenvalue weighted by Gasteiger charge is 2.34. The van der Waals surface area contributed by atoms with Crippen LogP contribution in [0.3, 0.4) is 0 Å². The topological polar surface area (TPSA) is 65.8 Å². The number of azide groups is 1. The van der Waals surface area contributed by atoms with E-state index in [1.807, 2.05) is 12.2 Å². The van der Waals surface area contributed by atoms with Gasteiger partial charge in [-0.2, -0.15) is 0 Å². The normalized spacial score (nSPS) is 24.5. The molecule has 1 rings (SSSR count). The third kappa shape index (κ3) is 5.48. The van der Waals surface area contributed by atoms with Gasteiger partial charge in [-0.3, -0.25) is 4.79 Å². The summed E-state index contributed by atoms with van der Waals surface area (Å²) in [4.78, 5) is 14.6. The number of hydrogen-bond acceptors (Lipinski definition) is 2. The van der Waals surface area contributed by atoms with Crippen LogP contribution in [0.2, 0.25) is 0 Å². The van der Waals surface area contributed by atoms with Gasteiger partial charge in [-0.05, 0) is 42.5 Å². The lowest BCUT2D eigenvalue weighted by molar-refractivity contribution is -0.126. The minimum Gasteiger partial charge on any atom is -0.299 e. The molecule has 0 N–H and O–H groups in total. The number of hydrogen-bond donors (Lipinski definition) is 0. The van der Waals surface area contributed by atoms with Crippen LogP contribution in [-0.4, -0.2) is 12.3 Å². The Labute approximate surface area is 115 Å². The molecule has 0 bridgehead atoms. The molecule has 0 saturated heterocycles. The van der Waals surface area contributed by atoms with E-state index in [2.05, 4.69) is 30.8 Å². The van der Waals surface area contributed by atoms with Gasteiger partial charge in [0.25, 0.3) is 0 Å². The number of carbonyl (C=O) groups is 1. The monoisotopic (exact) mass is 263 g/mol. The highest BCUT2D eigenvalue weighted by atomic mass is 16.1. The molecule has 0 aliphatic heterocycles. The van der Waals surface area contributed by atoms with Crippen LogP contribution in [0.1, 0.15) is 52.9 Å². The van der Waals surface area contributed by atoms with Gasteiger partial charge in [0.1, 0.15) is 5.78 Å². The first-order valence-electron chi connectivity index (χ1n) is 7.13. The van der Waals surface area contributed by atoms with Crippen molar-refractivity contribution in [3.8, 4) is 0 Å². The molecule has 0 heterocycles. The third-order valence-corrected chi connectivity index (χ3v) is 4.09. The zero-order valence-electron chi connectivity index (χ0n) is 12.3. The summed E-state index contributed by atoms with van der Waals surface area (Å²) in [5.74, 6) is 1.31. The summed E-state index contributed by atoms with van der Waals surface area (Å²) >= 11 is 0. The summed E-state index contributed by atoms with van der Waals surface area (Å²) in [5.41, 5.74) is 8.45. The molecule has 4 heteroatoms. The van der Waals surface area contributed by atoms with Crippen molar-refractivity contribution < 1.29 is 4.79 Å². The van der Waals surface area contributed by atoms with Gasteiger partial charge in [0.2, 0.25) is 0 Å². The molecular formula is C15H25N3O. The van der Waals surface area contributed by atoms with E-state index < -0.39 is 0 Å². The molecule has 1 saturated carbocycles. The largest absolute Gasteiger partial charge is 0.299 e. The molecule has 0 aromatic heterocycles. The molecule has 1 aliphatic rings. The first kappa shape index (κ1) is 15.8. The maximum Gasteiger partial charge on any atom is 0.136 e. The van der Waals surface area contributed by atoms with Crippen LogP contribution < -0.4 is 0 Å². The Morgan fingerprint density at radius 2 is 2.16 bits per heavy atom. The Balaban J connectivity index is 2.40. The van der Waals surface area contributed by atoms with Crippen LogP contribution in [-0.2, 0) is 4.79 Å². The molecule has 106 valence electrons. The van der Waals surface area contributed by atoms with Crippen LogP contribution in [0.5, 0.6) is 0 Å². The van der Waals surface area contributed by atoms with E-state index in [1.165, 1.54) is 0 Å². The first-order chi connectivity index (χ1) is 8.95. The van der Waals surface area contributed by atoms with Gasteiger partial charge in [-0.15, -0.1) is 0 Å². The Morgan fingerprint density at radius 1 is 1.42 bits per heavy atom. The third-order valence-electron chi connectivity index (χ3n) is 4.09. The summed E-state index contributed by atoms with van der Waals surface area (Å²) in [7, 11) is 0. The molecular weight excluding hydrogens is 238 g/mol. The quantitative estimate of drug-likeness (QED) is 0.308. The Hall–Kier alpha value is -1.28. The molecule has 0 radical (unpaired) electrons. The molecule has 0 amide bonds. The van der Waals surface area contributed by atoms with Gasteiger partial charge < -0.3 is 0 Å². The minimum absolute atomic E-state index is 0.224. The van der Waals surface area contributed by atoms with Gasteiger partial charge in [-0.25, -0.2) is 0 Å². The highest BCUT2D eigenvalue weighted by molar-refractivity contribution is 5.81. The van der Waals surface area contributed by atoms with Crippen LogP contribution in [0, 0.1) is 17.3 Å². The number of carbonyl (C=O) groups excluding carboxylic acids is 1. The predicted octanol–water partition coefficient (Wildman–Crippen LogP) is 4.66. The zero-order valence-corrected chi connectivity index (χ0v) is 12.3. The molecule has 0 aromatic carbocycles. The van der Waals surface area contributed by atoms with Gasteiger partial charge in [0.05, 0.1) is 0 Å².